The Hall–Kier alpha value is -3.53. The van der Waals surface area contributed by atoms with E-state index in [1.165, 1.54) is 19.3 Å². The predicted octanol–water partition coefficient (Wildman–Crippen LogP) is 5.89. The minimum absolute atomic E-state index is 0.142. The number of halogens is 2. The Morgan fingerprint density at radius 1 is 1.10 bits per heavy atom. The number of amides is 1. The fourth-order valence-electron chi connectivity index (χ4n) is 2.69. The molecule has 0 radical (unpaired) electrons. The summed E-state index contributed by atoms with van der Waals surface area (Å²) < 4.78 is 10.4. The highest BCUT2D eigenvalue weighted by molar-refractivity contribution is 6.34. The maximum Gasteiger partial charge on any atom is 0.339 e. The number of hydrogen-bond acceptors (Lipinski definition) is 5. The zero-order valence-corrected chi connectivity index (χ0v) is 18.0. The number of anilines is 1. The molecule has 2 aromatic carbocycles. The summed E-state index contributed by atoms with van der Waals surface area (Å²) in [6.07, 6.45) is 1.33. The molecule has 3 aromatic rings. The van der Waals surface area contributed by atoms with Crippen molar-refractivity contribution in [2.45, 2.75) is 6.92 Å². The summed E-state index contributed by atoms with van der Waals surface area (Å²) in [5, 5.41) is 12.7. The molecule has 0 bridgehead atoms. The third-order valence-electron chi connectivity index (χ3n) is 4.37. The van der Waals surface area contributed by atoms with Crippen molar-refractivity contribution < 1.29 is 18.7 Å². The maximum atomic E-state index is 12.4. The van der Waals surface area contributed by atoms with Gasteiger partial charge in [0.1, 0.15) is 23.2 Å². The van der Waals surface area contributed by atoms with Crippen LogP contribution in [0.5, 0.6) is 0 Å². The molecule has 0 aliphatic rings. The molecule has 0 aliphatic carbocycles. The lowest BCUT2D eigenvalue weighted by Crippen LogP contribution is -2.13. The van der Waals surface area contributed by atoms with Gasteiger partial charge in [0.25, 0.3) is 5.91 Å². The van der Waals surface area contributed by atoms with Crippen molar-refractivity contribution >= 4 is 46.8 Å². The molecule has 0 aliphatic heterocycles. The minimum Gasteiger partial charge on any atom is -0.465 e. The summed E-state index contributed by atoms with van der Waals surface area (Å²) in [5.41, 5.74) is 2.06. The van der Waals surface area contributed by atoms with E-state index >= 15 is 0 Å². The molecule has 0 saturated carbocycles. The van der Waals surface area contributed by atoms with Crippen molar-refractivity contribution in [3.05, 3.63) is 81.0 Å². The SMILES string of the molecule is COC(=O)c1ccc(-c2ccc(/C=C(/C#N)C(=O)Nc3ccc(C)c(Cl)c3)o2)cc1Cl. The number of hydrogen-bond donors (Lipinski definition) is 1. The number of furan rings is 1. The van der Waals surface area contributed by atoms with E-state index in [2.05, 4.69) is 10.1 Å². The highest BCUT2D eigenvalue weighted by Gasteiger charge is 2.14. The Bertz CT molecular complexity index is 1240. The van der Waals surface area contributed by atoms with Crippen LogP contribution in [0.2, 0.25) is 10.0 Å². The molecule has 0 unspecified atom stereocenters. The lowest BCUT2D eigenvalue weighted by molar-refractivity contribution is -0.112. The average Bonchev–Trinajstić information content (AvgIpc) is 3.22. The van der Waals surface area contributed by atoms with Crippen LogP contribution in [0, 0.1) is 18.3 Å². The number of nitriles is 1. The zero-order valence-electron chi connectivity index (χ0n) is 16.5. The van der Waals surface area contributed by atoms with Crippen LogP contribution in [-0.2, 0) is 9.53 Å². The van der Waals surface area contributed by atoms with E-state index < -0.39 is 11.9 Å². The molecule has 3 rings (SSSR count). The highest BCUT2D eigenvalue weighted by atomic mass is 35.5. The number of esters is 1. The van der Waals surface area contributed by atoms with Crippen molar-refractivity contribution in [2.24, 2.45) is 0 Å². The number of methoxy groups -OCH3 is 1. The molecule has 31 heavy (non-hydrogen) atoms. The lowest BCUT2D eigenvalue weighted by Gasteiger charge is -2.06. The van der Waals surface area contributed by atoms with Gasteiger partial charge in [0, 0.05) is 22.3 Å². The van der Waals surface area contributed by atoms with Crippen LogP contribution in [0.1, 0.15) is 21.7 Å². The van der Waals surface area contributed by atoms with E-state index in [1.807, 2.05) is 13.0 Å². The van der Waals surface area contributed by atoms with E-state index in [-0.39, 0.29) is 16.2 Å². The van der Waals surface area contributed by atoms with Gasteiger partial charge in [-0.25, -0.2) is 4.79 Å². The molecule has 1 N–H and O–H groups in total. The molecule has 0 fully saturated rings. The van der Waals surface area contributed by atoms with Gasteiger partial charge >= 0.3 is 5.97 Å². The van der Waals surface area contributed by atoms with Crippen LogP contribution in [-0.4, -0.2) is 19.0 Å². The number of rotatable bonds is 5. The maximum absolute atomic E-state index is 12.4. The second-order valence-electron chi connectivity index (χ2n) is 6.48. The second kappa shape index (κ2) is 9.52. The number of ether oxygens (including phenoxy) is 1. The Morgan fingerprint density at radius 2 is 1.87 bits per heavy atom. The van der Waals surface area contributed by atoms with Crippen molar-refractivity contribution in [1.29, 1.82) is 5.26 Å². The summed E-state index contributed by atoms with van der Waals surface area (Å²) in [5.74, 6) is -0.380. The monoisotopic (exact) mass is 454 g/mol. The first-order valence-corrected chi connectivity index (χ1v) is 9.75. The fraction of sp³-hybridized carbons (Fsp3) is 0.0870. The van der Waals surface area contributed by atoms with Gasteiger partial charge in [0.15, 0.2) is 0 Å². The molecule has 0 spiro atoms. The summed E-state index contributed by atoms with van der Waals surface area (Å²) in [4.78, 5) is 24.1. The quantitative estimate of drug-likeness (QED) is 0.294. The molecule has 156 valence electrons. The van der Waals surface area contributed by atoms with Crippen LogP contribution >= 0.6 is 23.2 Å². The van der Waals surface area contributed by atoms with E-state index in [0.29, 0.717) is 27.8 Å². The van der Waals surface area contributed by atoms with Crippen LogP contribution in [0.4, 0.5) is 5.69 Å². The van der Waals surface area contributed by atoms with Crippen LogP contribution in [0.25, 0.3) is 17.4 Å². The van der Waals surface area contributed by atoms with E-state index in [9.17, 15) is 14.9 Å². The number of nitrogens with zero attached hydrogens (tertiary/aromatic N) is 1. The zero-order chi connectivity index (χ0) is 22.5. The molecule has 6 nitrogen and oxygen atoms in total. The first kappa shape index (κ1) is 22.2. The molecule has 1 heterocycles. The summed E-state index contributed by atoms with van der Waals surface area (Å²) in [7, 11) is 1.27. The topological polar surface area (TPSA) is 92.3 Å². The van der Waals surface area contributed by atoms with Gasteiger partial charge in [-0.3, -0.25) is 4.79 Å². The largest absolute Gasteiger partial charge is 0.465 e. The van der Waals surface area contributed by atoms with Crippen molar-refractivity contribution in [1.82, 2.24) is 0 Å². The number of benzene rings is 2. The van der Waals surface area contributed by atoms with Gasteiger partial charge in [0.05, 0.1) is 17.7 Å². The van der Waals surface area contributed by atoms with E-state index in [4.69, 9.17) is 27.6 Å². The number of carbonyl (C=O) groups excluding carboxylic acids is 2. The number of aryl methyl sites for hydroxylation is 1. The Labute approximate surface area is 188 Å². The minimum atomic E-state index is -0.592. The average molecular weight is 455 g/mol. The van der Waals surface area contributed by atoms with Gasteiger partial charge in [0.2, 0.25) is 0 Å². The Kier molecular flexibility index (Phi) is 6.81. The summed E-state index contributed by atoms with van der Waals surface area (Å²) in [6.45, 7) is 1.85. The molecular weight excluding hydrogens is 439 g/mol. The Balaban J connectivity index is 1.81. The third-order valence-corrected chi connectivity index (χ3v) is 5.09. The normalized spacial score (nSPS) is 11.0. The van der Waals surface area contributed by atoms with Gasteiger partial charge < -0.3 is 14.5 Å². The number of nitrogens with one attached hydrogen (secondary N) is 1. The summed E-state index contributed by atoms with van der Waals surface area (Å²) in [6, 6.07) is 15.0. The molecule has 1 amide bonds. The first-order chi connectivity index (χ1) is 14.8. The van der Waals surface area contributed by atoms with E-state index in [0.717, 1.165) is 5.56 Å². The van der Waals surface area contributed by atoms with Crippen LogP contribution in [0.15, 0.2) is 58.5 Å². The number of carbonyl (C=O) groups is 2. The third kappa shape index (κ3) is 5.15. The highest BCUT2D eigenvalue weighted by Crippen LogP contribution is 2.28. The smallest absolute Gasteiger partial charge is 0.339 e. The van der Waals surface area contributed by atoms with Crippen LogP contribution in [0.3, 0.4) is 0 Å². The van der Waals surface area contributed by atoms with Crippen LogP contribution < -0.4 is 5.32 Å². The molecule has 0 saturated heterocycles. The molecular formula is C23H16Cl2N2O4. The van der Waals surface area contributed by atoms with Gasteiger partial charge in [-0.05, 0) is 48.9 Å². The molecule has 0 atom stereocenters. The summed E-state index contributed by atoms with van der Waals surface area (Å²) >= 11 is 12.2. The van der Waals surface area contributed by atoms with Gasteiger partial charge in [-0.15, -0.1) is 0 Å². The van der Waals surface area contributed by atoms with Gasteiger partial charge in [-0.2, -0.15) is 5.26 Å². The predicted molar refractivity (Wildman–Crippen MR) is 119 cm³/mol. The fourth-order valence-corrected chi connectivity index (χ4v) is 3.13. The second-order valence-corrected chi connectivity index (χ2v) is 7.29. The van der Waals surface area contributed by atoms with E-state index in [1.54, 1.807) is 42.5 Å². The first-order valence-electron chi connectivity index (χ1n) is 8.99. The Morgan fingerprint density at radius 3 is 2.52 bits per heavy atom. The standard InChI is InChI=1S/C23H16Cl2N2O4/c1-13-3-5-16(11-19(13)24)27-22(28)15(12-26)9-17-6-8-21(31-17)14-4-7-18(20(25)10-14)23(29)30-2/h3-11H,1-2H3,(H,27,28)/b15-9-. The van der Waals surface area contributed by atoms with Crippen molar-refractivity contribution in [3.8, 4) is 17.4 Å². The van der Waals surface area contributed by atoms with Gasteiger partial charge in [-0.1, -0.05) is 35.3 Å². The molecule has 1 aromatic heterocycles. The van der Waals surface area contributed by atoms with Crippen molar-refractivity contribution in [2.75, 3.05) is 12.4 Å². The van der Waals surface area contributed by atoms with Crippen molar-refractivity contribution in [3.63, 3.8) is 0 Å². The lowest BCUT2D eigenvalue weighted by atomic mass is 10.1. The molecule has 8 heteroatoms.